The van der Waals surface area contributed by atoms with E-state index in [1.165, 1.54) is 14.2 Å². The zero-order valence-corrected chi connectivity index (χ0v) is 16.4. The highest BCUT2D eigenvalue weighted by Gasteiger charge is 2.20. The van der Waals surface area contributed by atoms with E-state index in [0.29, 0.717) is 11.5 Å². The summed E-state index contributed by atoms with van der Waals surface area (Å²) in [5.74, 6) is 0.00754. The minimum absolute atomic E-state index is 0.113. The molecule has 144 valence electrons. The molecular formula is C21H26N2O4. The van der Waals surface area contributed by atoms with Crippen LogP contribution in [0.15, 0.2) is 42.5 Å². The molecule has 0 radical (unpaired) electrons. The lowest BCUT2D eigenvalue weighted by Crippen LogP contribution is -2.33. The highest BCUT2D eigenvalue weighted by atomic mass is 16.5. The van der Waals surface area contributed by atoms with Gasteiger partial charge in [0.1, 0.15) is 17.1 Å². The topological polar surface area (TPSA) is 76.7 Å². The maximum atomic E-state index is 12.5. The van der Waals surface area contributed by atoms with Gasteiger partial charge in [-0.2, -0.15) is 0 Å². The molecule has 0 fully saturated rings. The molecule has 0 unspecified atom stereocenters. The summed E-state index contributed by atoms with van der Waals surface area (Å²) in [5, 5.41) is 5.48. The number of methoxy groups -OCH3 is 2. The average molecular weight is 370 g/mol. The molecule has 0 saturated carbocycles. The van der Waals surface area contributed by atoms with Gasteiger partial charge in [0.25, 0.3) is 5.91 Å². The van der Waals surface area contributed by atoms with E-state index in [-0.39, 0.29) is 23.4 Å². The second-order valence-electron chi connectivity index (χ2n) is 7.06. The van der Waals surface area contributed by atoms with Gasteiger partial charge in [-0.3, -0.25) is 9.59 Å². The number of nitrogens with one attached hydrogen (secondary N) is 2. The van der Waals surface area contributed by atoms with Crippen LogP contribution >= 0.6 is 0 Å². The van der Waals surface area contributed by atoms with E-state index in [1.54, 1.807) is 18.2 Å². The Bertz CT molecular complexity index is 803. The maximum absolute atomic E-state index is 12.5. The summed E-state index contributed by atoms with van der Waals surface area (Å²) in [6, 6.07) is 12.7. The lowest BCUT2D eigenvalue weighted by Gasteiger charge is -2.23. The molecule has 0 spiro atoms. The van der Waals surface area contributed by atoms with Crippen molar-refractivity contribution in [2.45, 2.75) is 26.2 Å². The van der Waals surface area contributed by atoms with Crippen molar-refractivity contribution in [3.63, 3.8) is 0 Å². The molecule has 0 aliphatic heterocycles. The standard InChI is InChI=1S/C21H26N2O4/c1-21(2,3)14-9-6-7-10-15(14)23-18(24)13-22-20(25)19-16(26-4)11-8-12-17(19)27-5/h6-12H,13H2,1-5H3,(H,22,25)(H,23,24). The van der Waals surface area contributed by atoms with Gasteiger partial charge in [0.15, 0.2) is 0 Å². The molecular weight excluding hydrogens is 344 g/mol. The molecule has 0 aromatic heterocycles. The molecule has 0 aliphatic rings. The van der Waals surface area contributed by atoms with Crippen LogP contribution < -0.4 is 20.1 Å². The van der Waals surface area contributed by atoms with E-state index in [0.717, 1.165) is 11.3 Å². The average Bonchev–Trinajstić information content (AvgIpc) is 2.64. The van der Waals surface area contributed by atoms with Gasteiger partial charge in [-0.05, 0) is 29.2 Å². The second-order valence-corrected chi connectivity index (χ2v) is 7.06. The normalized spacial score (nSPS) is 10.9. The number of carbonyl (C=O) groups is 2. The molecule has 0 heterocycles. The minimum atomic E-state index is -0.441. The Morgan fingerprint density at radius 3 is 2.07 bits per heavy atom. The molecule has 2 N–H and O–H groups in total. The molecule has 2 aromatic carbocycles. The molecule has 6 nitrogen and oxygen atoms in total. The highest BCUT2D eigenvalue weighted by Crippen LogP contribution is 2.29. The number of rotatable bonds is 6. The lowest BCUT2D eigenvalue weighted by molar-refractivity contribution is -0.115. The van der Waals surface area contributed by atoms with Gasteiger partial charge in [0, 0.05) is 5.69 Å². The van der Waals surface area contributed by atoms with E-state index in [2.05, 4.69) is 31.4 Å². The van der Waals surface area contributed by atoms with Crippen LogP contribution in [0.3, 0.4) is 0 Å². The Morgan fingerprint density at radius 2 is 1.52 bits per heavy atom. The van der Waals surface area contributed by atoms with E-state index >= 15 is 0 Å². The summed E-state index contributed by atoms with van der Waals surface area (Å²) in [6.07, 6.45) is 0. The fraction of sp³-hybridized carbons (Fsp3) is 0.333. The van der Waals surface area contributed by atoms with E-state index in [1.807, 2.05) is 24.3 Å². The van der Waals surface area contributed by atoms with Crippen LogP contribution in [0.4, 0.5) is 5.69 Å². The van der Waals surface area contributed by atoms with Crippen molar-refractivity contribution in [2.75, 3.05) is 26.1 Å². The fourth-order valence-corrected chi connectivity index (χ4v) is 2.76. The quantitative estimate of drug-likeness (QED) is 0.817. The molecule has 27 heavy (non-hydrogen) atoms. The Balaban J connectivity index is 2.08. The van der Waals surface area contributed by atoms with Crippen molar-refractivity contribution >= 4 is 17.5 Å². The molecule has 2 rings (SSSR count). The summed E-state index contributed by atoms with van der Waals surface area (Å²) in [5.41, 5.74) is 1.90. The van der Waals surface area contributed by atoms with Crippen molar-refractivity contribution < 1.29 is 19.1 Å². The molecule has 0 saturated heterocycles. The predicted octanol–water partition coefficient (Wildman–Crippen LogP) is 3.37. The lowest BCUT2D eigenvalue weighted by atomic mass is 9.86. The zero-order chi connectivity index (χ0) is 20.0. The summed E-state index contributed by atoms with van der Waals surface area (Å²) in [7, 11) is 2.95. The van der Waals surface area contributed by atoms with Crippen LogP contribution in [0, 0.1) is 0 Å². The van der Waals surface area contributed by atoms with E-state index < -0.39 is 5.91 Å². The number of para-hydroxylation sites is 1. The third-order valence-electron chi connectivity index (χ3n) is 4.07. The van der Waals surface area contributed by atoms with Crippen LogP contribution in [0.1, 0.15) is 36.7 Å². The van der Waals surface area contributed by atoms with Crippen molar-refractivity contribution in [2.24, 2.45) is 0 Å². The SMILES string of the molecule is COc1cccc(OC)c1C(=O)NCC(=O)Nc1ccccc1C(C)(C)C. The number of ether oxygens (including phenoxy) is 2. The van der Waals surface area contributed by atoms with Crippen LogP contribution in [0.5, 0.6) is 11.5 Å². The van der Waals surface area contributed by atoms with Crippen LogP contribution in [-0.2, 0) is 10.2 Å². The second kappa shape index (κ2) is 8.58. The smallest absolute Gasteiger partial charge is 0.259 e. The van der Waals surface area contributed by atoms with Crippen molar-refractivity contribution in [3.05, 3.63) is 53.6 Å². The monoisotopic (exact) mass is 370 g/mol. The molecule has 2 aromatic rings. The first-order valence-electron chi connectivity index (χ1n) is 8.66. The first-order chi connectivity index (χ1) is 12.8. The van der Waals surface area contributed by atoms with Gasteiger partial charge in [-0.25, -0.2) is 0 Å². The Hall–Kier alpha value is -3.02. The van der Waals surface area contributed by atoms with E-state index in [4.69, 9.17) is 9.47 Å². The van der Waals surface area contributed by atoms with Gasteiger partial charge < -0.3 is 20.1 Å². The molecule has 0 atom stereocenters. The number of carbonyl (C=O) groups excluding carboxylic acids is 2. The largest absolute Gasteiger partial charge is 0.496 e. The summed E-state index contributed by atoms with van der Waals surface area (Å²) in [4.78, 5) is 24.9. The van der Waals surface area contributed by atoms with Gasteiger partial charge in [-0.1, -0.05) is 45.0 Å². The zero-order valence-electron chi connectivity index (χ0n) is 16.4. The molecule has 0 bridgehead atoms. The third kappa shape index (κ3) is 5.00. The number of amides is 2. The summed E-state index contributed by atoms with van der Waals surface area (Å²) < 4.78 is 10.4. The fourth-order valence-electron chi connectivity index (χ4n) is 2.76. The van der Waals surface area contributed by atoms with E-state index in [9.17, 15) is 9.59 Å². The van der Waals surface area contributed by atoms with Crippen LogP contribution in [-0.4, -0.2) is 32.6 Å². The van der Waals surface area contributed by atoms with Crippen molar-refractivity contribution in [1.82, 2.24) is 5.32 Å². The Kier molecular flexibility index (Phi) is 6.45. The predicted molar refractivity (Wildman–Crippen MR) is 106 cm³/mol. The van der Waals surface area contributed by atoms with Gasteiger partial charge in [0.05, 0.1) is 20.8 Å². The first kappa shape index (κ1) is 20.3. The number of hydrogen-bond acceptors (Lipinski definition) is 4. The van der Waals surface area contributed by atoms with Crippen molar-refractivity contribution in [3.8, 4) is 11.5 Å². The first-order valence-corrected chi connectivity index (χ1v) is 8.66. The van der Waals surface area contributed by atoms with Crippen LogP contribution in [0.25, 0.3) is 0 Å². The Morgan fingerprint density at radius 1 is 0.926 bits per heavy atom. The molecule has 6 heteroatoms. The van der Waals surface area contributed by atoms with Gasteiger partial charge >= 0.3 is 0 Å². The number of hydrogen-bond donors (Lipinski definition) is 2. The minimum Gasteiger partial charge on any atom is -0.496 e. The highest BCUT2D eigenvalue weighted by molar-refractivity contribution is 6.02. The number of anilines is 1. The van der Waals surface area contributed by atoms with Gasteiger partial charge in [0.2, 0.25) is 5.91 Å². The summed E-state index contributed by atoms with van der Waals surface area (Å²) >= 11 is 0. The van der Waals surface area contributed by atoms with Crippen LogP contribution in [0.2, 0.25) is 0 Å². The Labute approximate surface area is 159 Å². The third-order valence-corrected chi connectivity index (χ3v) is 4.07. The summed E-state index contributed by atoms with van der Waals surface area (Å²) in [6.45, 7) is 6.06. The molecule has 0 aliphatic carbocycles. The number of benzene rings is 2. The maximum Gasteiger partial charge on any atom is 0.259 e. The van der Waals surface area contributed by atoms with Crippen molar-refractivity contribution in [1.29, 1.82) is 0 Å². The van der Waals surface area contributed by atoms with Gasteiger partial charge in [-0.15, -0.1) is 0 Å². The molecule has 2 amide bonds.